The summed E-state index contributed by atoms with van der Waals surface area (Å²) < 4.78 is 35.0. The maximum absolute atomic E-state index is 13.2. The topological polar surface area (TPSA) is 84.2 Å². The molecule has 4 heterocycles. The van der Waals surface area contributed by atoms with Gasteiger partial charge in [-0.15, -0.1) is 0 Å². The highest BCUT2D eigenvalue weighted by molar-refractivity contribution is 7.89. The molecule has 0 unspecified atom stereocenters. The molecule has 0 spiro atoms. The molecule has 2 fully saturated rings. The number of rotatable bonds is 6. The third-order valence-corrected chi connectivity index (χ3v) is 9.01. The van der Waals surface area contributed by atoms with E-state index < -0.39 is 10.0 Å². The van der Waals surface area contributed by atoms with E-state index in [1.807, 2.05) is 35.4 Å². The van der Waals surface area contributed by atoms with Gasteiger partial charge in [-0.2, -0.15) is 9.40 Å². The van der Waals surface area contributed by atoms with Gasteiger partial charge in [-0.05, 0) is 60.6 Å². The van der Waals surface area contributed by atoms with Gasteiger partial charge in [-0.25, -0.2) is 12.9 Å². The van der Waals surface area contributed by atoms with Crippen LogP contribution in [0.15, 0.2) is 53.7 Å². The quantitative estimate of drug-likeness (QED) is 0.523. The van der Waals surface area contributed by atoms with Gasteiger partial charge in [0, 0.05) is 32.4 Å². The van der Waals surface area contributed by atoms with Crippen LogP contribution >= 0.6 is 0 Å². The first-order valence-corrected chi connectivity index (χ1v) is 13.8. The van der Waals surface area contributed by atoms with E-state index in [2.05, 4.69) is 12.0 Å². The maximum Gasteiger partial charge on any atom is 0.257 e. The number of amides is 1. The summed E-state index contributed by atoms with van der Waals surface area (Å²) in [5, 5.41) is 4.37. The minimum Gasteiger partial charge on any atom is -0.378 e. The first kappa shape index (κ1) is 24.0. The number of carbonyl (C=O) groups excluding carboxylic acids is 1. The Labute approximate surface area is 206 Å². The van der Waals surface area contributed by atoms with E-state index in [0.717, 1.165) is 42.3 Å². The summed E-state index contributed by atoms with van der Waals surface area (Å²) in [6, 6.07) is 11.4. The molecule has 2 saturated heterocycles. The molecule has 2 aliphatic heterocycles. The van der Waals surface area contributed by atoms with Crippen molar-refractivity contribution >= 4 is 21.4 Å². The zero-order chi connectivity index (χ0) is 24.4. The first-order chi connectivity index (χ1) is 17.0. The smallest absolute Gasteiger partial charge is 0.257 e. The predicted molar refractivity (Wildman–Crippen MR) is 133 cm³/mol. The van der Waals surface area contributed by atoms with Crippen molar-refractivity contribution in [1.82, 2.24) is 18.8 Å². The highest BCUT2D eigenvalue weighted by atomic mass is 32.2. The lowest BCUT2D eigenvalue weighted by Crippen LogP contribution is -2.40. The Morgan fingerprint density at radius 2 is 1.77 bits per heavy atom. The van der Waals surface area contributed by atoms with Crippen molar-refractivity contribution in [2.24, 2.45) is 0 Å². The molecule has 186 valence electrons. The third kappa shape index (κ3) is 4.85. The van der Waals surface area contributed by atoms with E-state index in [9.17, 15) is 13.2 Å². The average molecular weight is 497 g/mol. The van der Waals surface area contributed by atoms with E-state index in [0.29, 0.717) is 49.9 Å². The number of piperidine rings is 1. The molecule has 35 heavy (non-hydrogen) atoms. The second kappa shape index (κ2) is 10.1. The first-order valence-electron chi connectivity index (χ1n) is 12.4. The van der Waals surface area contributed by atoms with E-state index in [1.54, 1.807) is 27.2 Å². The number of pyridine rings is 1. The summed E-state index contributed by atoms with van der Waals surface area (Å²) in [6.45, 7) is 5.36. The van der Waals surface area contributed by atoms with Crippen molar-refractivity contribution < 1.29 is 17.9 Å². The largest absolute Gasteiger partial charge is 0.378 e. The van der Waals surface area contributed by atoms with Crippen LogP contribution in [0.25, 0.3) is 5.52 Å². The molecule has 3 aromatic rings. The summed E-state index contributed by atoms with van der Waals surface area (Å²) in [6.07, 6.45) is 6.99. The van der Waals surface area contributed by atoms with Crippen LogP contribution in [0.5, 0.6) is 0 Å². The minimum absolute atomic E-state index is 0.0219. The van der Waals surface area contributed by atoms with Gasteiger partial charge in [0.1, 0.15) is 0 Å². The lowest BCUT2D eigenvalue weighted by molar-refractivity contribution is 0.0304. The monoisotopic (exact) mass is 496 g/mol. The van der Waals surface area contributed by atoms with Crippen molar-refractivity contribution in [2.45, 2.75) is 43.4 Å². The molecule has 5 rings (SSSR count). The van der Waals surface area contributed by atoms with Crippen LogP contribution in [0.2, 0.25) is 0 Å². The number of aryl methyl sites for hydroxylation is 1. The van der Waals surface area contributed by atoms with E-state index in [1.165, 1.54) is 0 Å². The molecular formula is C26H32N4O4S. The second-order valence-electron chi connectivity index (χ2n) is 9.33. The molecule has 1 aromatic carbocycles. The number of hydrogen-bond acceptors (Lipinski definition) is 5. The number of sulfonamides is 1. The van der Waals surface area contributed by atoms with Crippen molar-refractivity contribution in [3.8, 4) is 0 Å². The van der Waals surface area contributed by atoms with Crippen molar-refractivity contribution in [1.29, 1.82) is 0 Å². The molecule has 1 amide bonds. The van der Waals surface area contributed by atoms with Gasteiger partial charge in [0.05, 0.1) is 35.4 Å². The molecule has 0 N–H and O–H groups in total. The maximum atomic E-state index is 13.2. The number of fused-ring (bicyclic) bond motifs is 1. The Kier molecular flexibility index (Phi) is 6.91. The predicted octanol–water partition coefficient (Wildman–Crippen LogP) is 3.33. The minimum atomic E-state index is -3.50. The van der Waals surface area contributed by atoms with Crippen LogP contribution in [-0.2, 0) is 21.2 Å². The Morgan fingerprint density at radius 3 is 2.46 bits per heavy atom. The summed E-state index contributed by atoms with van der Waals surface area (Å²) in [5.74, 6) is 0.214. The summed E-state index contributed by atoms with van der Waals surface area (Å²) in [4.78, 5) is 15.2. The summed E-state index contributed by atoms with van der Waals surface area (Å²) in [7, 11) is -3.50. The van der Waals surface area contributed by atoms with Gasteiger partial charge >= 0.3 is 0 Å². The number of hydrogen-bond donors (Lipinski definition) is 0. The van der Waals surface area contributed by atoms with Gasteiger partial charge in [0.2, 0.25) is 10.0 Å². The van der Waals surface area contributed by atoms with Crippen LogP contribution in [0.3, 0.4) is 0 Å². The lowest BCUT2D eigenvalue weighted by atomic mass is 9.90. The summed E-state index contributed by atoms with van der Waals surface area (Å²) in [5.41, 5.74) is 3.67. The second-order valence-corrected chi connectivity index (χ2v) is 11.3. The van der Waals surface area contributed by atoms with E-state index in [-0.39, 0.29) is 11.8 Å². The van der Waals surface area contributed by atoms with E-state index in [4.69, 9.17) is 4.74 Å². The van der Waals surface area contributed by atoms with Crippen molar-refractivity contribution in [2.75, 3.05) is 39.4 Å². The van der Waals surface area contributed by atoms with Gasteiger partial charge < -0.3 is 9.64 Å². The highest BCUT2D eigenvalue weighted by Gasteiger charge is 2.30. The molecule has 0 saturated carbocycles. The van der Waals surface area contributed by atoms with Gasteiger partial charge in [-0.1, -0.05) is 25.5 Å². The van der Waals surface area contributed by atoms with E-state index >= 15 is 0 Å². The van der Waals surface area contributed by atoms with Crippen LogP contribution in [-0.4, -0.2) is 72.5 Å². The number of morpholine rings is 1. The fraction of sp³-hybridized carbons (Fsp3) is 0.462. The molecule has 2 aliphatic rings. The molecule has 2 aromatic heterocycles. The average Bonchev–Trinajstić information content (AvgIpc) is 3.33. The molecule has 8 nitrogen and oxygen atoms in total. The molecule has 0 bridgehead atoms. The Bertz CT molecular complexity index is 1290. The van der Waals surface area contributed by atoms with Gasteiger partial charge in [0.25, 0.3) is 5.91 Å². The Morgan fingerprint density at radius 1 is 1.06 bits per heavy atom. The number of carbonyl (C=O) groups is 1. The Balaban J connectivity index is 1.29. The Hall–Kier alpha value is -2.75. The van der Waals surface area contributed by atoms with Crippen LogP contribution in [0.1, 0.15) is 53.6 Å². The molecular weight excluding hydrogens is 464 g/mol. The van der Waals surface area contributed by atoms with Gasteiger partial charge in [-0.3, -0.25) is 4.79 Å². The zero-order valence-electron chi connectivity index (χ0n) is 20.1. The fourth-order valence-electron chi connectivity index (χ4n) is 5.05. The number of nitrogens with zero attached hydrogens (tertiary/aromatic N) is 4. The summed E-state index contributed by atoms with van der Waals surface area (Å²) >= 11 is 0. The molecule has 0 radical (unpaired) electrons. The third-order valence-electron chi connectivity index (χ3n) is 7.10. The number of aromatic nitrogens is 2. The number of benzene rings is 1. The van der Waals surface area contributed by atoms with Crippen molar-refractivity contribution in [3.05, 3.63) is 65.5 Å². The van der Waals surface area contributed by atoms with Crippen LogP contribution in [0, 0.1) is 0 Å². The fourth-order valence-corrected chi connectivity index (χ4v) is 6.52. The number of ether oxygens (including phenoxy) is 1. The van der Waals surface area contributed by atoms with Crippen LogP contribution in [0.4, 0.5) is 0 Å². The zero-order valence-corrected chi connectivity index (χ0v) is 20.9. The molecule has 0 atom stereocenters. The standard InChI is InChI=1S/C26H32N4O4S/c1-2-3-20-4-6-23(7-5-20)35(32,33)29-11-8-21(9-12-29)22-10-13-30-25(18-22)24(19-27-30)26(31)28-14-16-34-17-15-28/h4-7,10,13,18-19,21H,2-3,8-9,11-12,14-17H2,1H3. The van der Waals surface area contributed by atoms with Crippen LogP contribution < -0.4 is 0 Å². The lowest BCUT2D eigenvalue weighted by Gasteiger charge is -2.31. The SMILES string of the molecule is CCCc1ccc(S(=O)(=O)N2CCC(c3ccn4ncc(C(=O)N5CCOCC5)c4c3)CC2)cc1. The highest BCUT2D eigenvalue weighted by Crippen LogP contribution is 2.32. The normalized spacial score (nSPS) is 18.3. The van der Waals surface area contributed by atoms with Gasteiger partial charge in [0.15, 0.2) is 0 Å². The van der Waals surface area contributed by atoms with Crippen molar-refractivity contribution in [3.63, 3.8) is 0 Å². The molecule has 9 heteroatoms. The molecule has 0 aliphatic carbocycles.